The van der Waals surface area contributed by atoms with Crippen LogP contribution in [0.1, 0.15) is 50.6 Å². The molecule has 0 amide bonds. The monoisotopic (exact) mass is 306 g/mol. The Labute approximate surface area is 128 Å². The first kappa shape index (κ1) is 15.2. The Morgan fingerprint density at radius 1 is 1.23 bits per heavy atom. The van der Waals surface area contributed by atoms with Crippen LogP contribution >= 0.6 is 0 Å². The van der Waals surface area contributed by atoms with E-state index in [1.165, 1.54) is 18.6 Å². The number of aromatic nitrogens is 2. The van der Waals surface area contributed by atoms with Crippen molar-refractivity contribution in [3.8, 4) is 0 Å². The molecule has 3 nitrogen and oxygen atoms in total. The standard InChI is InChI=1S/C17H20F2N2O/c1-15(2)14(21-10-20-9-13(21)16(3,4)22)11-7-5-6-8-12(11)17(15,18)19/h5-10,14,22H,1-4H3/t14-/m1/s1. The largest absolute Gasteiger partial charge is 0.384 e. The Kier molecular flexibility index (Phi) is 3.02. The van der Waals surface area contributed by atoms with Crippen LogP contribution in [0.4, 0.5) is 8.78 Å². The van der Waals surface area contributed by atoms with E-state index < -0.39 is 23.0 Å². The number of benzene rings is 1. The molecule has 22 heavy (non-hydrogen) atoms. The van der Waals surface area contributed by atoms with Gasteiger partial charge in [-0.15, -0.1) is 0 Å². The number of hydrogen-bond acceptors (Lipinski definition) is 2. The molecule has 0 saturated heterocycles. The van der Waals surface area contributed by atoms with Gasteiger partial charge in [0.1, 0.15) is 5.60 Å². The summed E-state index contributed by atoms with van der Waals surface area (Å²) in [7, 11) is 0. The first-order valence-corrected chi connectivity index (χ1v) is 7.30. The van der Waals surface area contributed by atoms with Crippen molar-refractivity contribution in [3.05, 3.63) is 53.6 Å². The Morgan fingerprint density at radius 3 is 2.50 bits per heavy atom. The summed E-state index contributed by atoms with van der Waals surface area (Å²) < 4.78 is 31.5. The number of aliphatic hydroxyl groups is 1. The van der Waals surface area contributed by atoms with Crippen molar-refractivity contribution in [1.82, 2.24) is 9.55 Å². The van der Waals surface area contributed by atoms with Gasteiger partial charge in [-0.3, -0.25) is 0 Å². The molecule has 0 fully saturated rings. The highest BCUT2D eigenvalue weighted by Gasteiger charge is 2.61. The number of imidazole rings is 1. The summed E-state index contributed by atoms with van der Waals surface area (Å²) in [6.45, 7) is 6.39. The van der Waals surface area contributed by atoms with E-state index in [9.17, 15) is 13.9 Å². The number of fused-ring (bicyclic) bond motifs is 1. The minimum Gasteiger partial charge on any atom is -0.384 e. The van der Waals surface area contributed by atoms with E-state index in [0.717, 1.165) is 0 Å². The van der Waals surface area contributed by atoms with Gasteiger partial charge in [0.25, 0.3) is 5.92 Å². The van der Waals surface area contributed by atoms with Crippen molar-refractivity contribution in [2.75, 3.05) is 0 Å². The van der Waals surface area contributed by atoms with Crippen LogP contribution in [-0.4, -0.2) is 14.7 Å². The van der Waals surface area contributed by atoms with Crippen LogP contribution in [-0.2, 0) is 11.5 Å². The van der Waals surface area contributed by atoms with Crippen LogP contribution in [0.25, 0.3) is 0 Å². The molecule has 1 aromatic heterocycles. The molecule has 1 aromatic carbocycles. The average Bonchev–Trinajstić information content (AvgIpc) is 2.92. The minimum absolute atomic E-state index is 0.0559. The third kappa shape index (κ3) is 1.85. The second-order valence-electron chi connectivity index (χ2n) is 7.03. The van der Waals surface area contributed by atoms with Crippen molar-refractivity contribution in [2.45, 2.75) is 45.3 Å². The zero-order chi connectivity index (χ0) is 16.3. The van der Waals surface area contributed by atoms with Crippen LogP contribution in [0, 0.1) is 5.41 Å². The first-order chi connectivity index (χ1) is 10.1. The highest BCUT2D eigenvalue weighted by molar-refractivity contribution is 5.43. The fourth-order valence-electron chi connectivity index (χ4n) is 3.41. The van der Waals surface area contributed by atoms with Crippen molar-refractivity contribution in [3.63, 3.8) is 0 Å². The third-order valence-corrected chi connectivity index (χ3v) is 4.66. The van der Waals surface area contributed by atoms with Crippen molar-refractivity contribution < 1.29 is 13.9 Å². The van der Waals surface area contributed by atoms with Crippen molar-refractivity contribution in [1.29, 1.82) is 0 Å². The number of nitrogens with zero attached hydrogens (tertiary/aromatic N) is 2. The molecule has 1 heterocycles. The maximum absolute atomic E-state index is 14.9. The molecule has 0 saturated carbocycles. The average molecular weight is 306 g/mol. The predicted octanol–water partition coefficient (Wildman–Crippen LogP) is 3.83. The Morgan fingerprint density at radius 2 is 1.86 bits per heavy atom. The Hall–Kier alpha value is -1.75. The fraction of sp³-hybridized carbons (Fsp3) is 0.471. The maximum Gasteiger partial charge on any atom is 0.280 e. The highest BCUT2D eigenvalue weighted by Crippen LogP contribution is 2.61. The molecule has 1 atom stereocenters. The molecule has 1 N–H and O–H groups in total. The van der Waals surface area contributed by atoms with Gasteiger partial charge in [-0.05, 0) is 19.4 Å². The van der Waals surface area contributed by atoms with Gasteiger partial charge in [-0.2, -0.15) is 0 Å². The maximum atomic E-state index is 14.9. The SMILES string of the molecule is CC(C)(O)c1cncn1[C@@H]1c2ccccc2C(F)(F)C1(C)C. The summed E-state index contributed by atoms with van der Waals surface area (Å²) >= 11 is 0. The van der Waals surface area contributed by atoms with Gasteiger partial charge in [0, 0.05) is 5.56 Å². The summed E-state index contributed by atoms with van der Waals surface area (Å²) in [5.74, 6) is -2.95. The molecule has 5 heteroatoms. The second kappa shape index (κ2) is 4.38. The Balaban J connectivity index is 2.26. The van der Waals surface area contributed by atoms with E-state index in [2.05, 4.69) is 4.98 Å². The molecule has 0 aliphatic heterocycles. The zero-order valence-corrected chi connectivity index (χ0v) is 13.1. The highest BCUT2D eigenvalue weighted by atomic mass is 19.3. The predicted molar refractivity (Wildman–Crippen MR) is 79.7 cm³/mol. The molecule has 1 aliphatic carbocycles. The van der Waals surface area contributed by atoms with E-state index >= 15 is 0 Å². The number of halogens is 2. The van der Waals surface area contributed by atoms with Crippen molar-refractivity contribution >= 4 is 0 Å². The summed E-state index contributed by atoms with van der Waals surface area (Å²) in [6, 6.07) is 6.04. The van der Waals surface area contributed by atoms with Crippen LogP contribution in [0.15, 0.2) is 36.8 Å². The molecular weight excluding hydrogens is 286 g/mol. The molecule has 0 spiro atoms. The number of alkyl halides is 2. The van der Waals surface area contributed by atoms with E-state index in [1.807, 2.05) is 0 Å². The third-order valence-electron chi connectivity index (χ3n) is 4.66. The Bertz CT molecular complexity index is 713. The van der Waals surface area contributed by atoms with Crippen LogP contribution in [0.3, 0.4) is 0 Å². The van der Waals surface area contributed by atoms with Crippen molar-refractivity contribution in [2.24, 2.45) is 5.41 Å². The summed E-state index contributed by atoms with van der Waals surface area (Å²) in [5, 5.41) is 10.3. The smallest absolute Gasteiger partial charge is 0.280 e. The summed E-state index contributed by atoms with van der Waals surface area (Å²) in [5.41, 5.74) is -1.31. The van der Waals surface area contributed by atoms with Gasteiger partial charge in [0.05, 0.1) is 29.7 Å². The molecule has 1 aliphatic rings. The van der Waals surface area contributed by atoms with Gasteiger partial charge >= 0.3 is 0 Å². The summed E-state index contributed by atoms with van der Waals surface area (Å²) in [6.07, 6.45) is 3.06. The van der Waals surface area contributed by atoms with Crippen LogP contribution < -0.4 is 0 Å². The number of rotatable bonds is 2. The van der Waals surface area contributed by atoms with Crippen LogP contribution in [0.2, 0.25) is 0 Å². The molecule has 0 bridgehead atoms. The van der Waals surface area contributed by atoms with Gasteiger partial charge in [-0.1, -0.05) is 38.1 Å². The lowest BCUT2D eigenvalue weighted by molar-refractivity contribution is -0.114. The van der Waals surface area contributed by atoms with Gasteiger partial charge in [0.15, 0.2) is 0 Å². The van der Waals surface area contributed by atoms with E-state index in [4.69, 9.17) is 0 Å². The number of hydrogen-bond donors (Lipinski definition) is 1. The topological polar surface area (TPSA) is 38.1 Å². The van der Waals surface area contributed by atoms with E-state index in [-0.39, 0.29) is 5.56 Å². The second-order valence-corrected chi connectivity index (χ2v) is 7.03. The molecule has 3 rings (SSSR count). The first-order valence-electron chi connectivity index (χ1n) is 7.30. The van der Waals surface area contributed by atoms with Crippen LogP contribution in [0.5, 0.6) is 0 Å². The normalized spacial score (nSPS) is 22.6. The molecular formula is C17H20F2N2O. The van der Waals surface area contributed by atoms with E-state index in [0.29, 0.717) is 11.3 Å². The summed E-state index contributed by atoms with van der Waals surface area (Å²) in [4.78, 5) is 4.08. The minimum atomic E-state index is -2.95. The molecule has 2 aromatic rings. The lowest BCUT2D eigenvalue weighted by Crippen LogP contribution is -2.36. The van der Waals surface area contributed by atoms with Gasteiger partial charge < -0.3 is 9.67 Å². The van der Waals surface area contributed by atoms with Gasteiger partial charge in [0.2, 0.25) is 0 Å². The van der Waals surface area contributed by atoms with Gasteiger partial charge in [-0.25, -0.2) is 13.8 Å². The lowest BCUT2D eigenvalue weighted by atomic mass is 9.82. The quantitative estimate of drug-likeness (QED) is 0.915. The molecule has 0 unspecified atom stereocenters. The molecule has 0 radical (unpaired) electrons. The zero-order valence-electron chi connectivity index (χ0n) is 13.1. The molecule has 118 valence electrons. The van der Waals surface area contributed by atoms with E-state index in [1.54, 1.807) is 50.5 Å². The fourth-order valence-corrected chi connectivity index (χ4v) is 3.41. The lowest BCUT2D eigenvalue weighted by Gasteiger charge is -2.35.